The van der Waals surface area contributed by atoms with Crippen LogP contribution in [0.1, 0.15) is 34.5 Å². The van der Waals surface area contributed by atoms with Gasteiger partial charge in [-0.2, -0.15) is 0 Å². The third kappa shape index (κ3) is 2.87. The summed E-state index contributed by atoms with van der Waals surface area (Å²) in [4.78, 5) is 42.6. The van der Waals surface area contributed by atoms with Gasteiger partial charge >= 0.3 is 0 Å². The summed E-state index contributed by atoms with van der Waals surface area (Å²) < 4.78 is 7.44. The van der Waals surface area contributed by atoms with Gasteiger partial charge in [0.1, 0.15) is 6.04 Å². The lowest BCUT2D eigenvalue weighted by molar-refractivity contribution is -0.136. The van der Waals surface area contributed by atoms with Gasteiger partial charge in [0.2, 0.25) is 11.8 Å². The van der Waals surface area contributed by atoms with E-state index in [4.69, 9.17) is 4.74 Å². The zero-order chi connectivity index (χ0) is 20.1. The van der Waals surface area contributed by atoms with Gasteiger partial charge < -0.3 is 14.2 Å². The van der Waals surface area contributed by atoms with Crippen molar-refractivity contribution >= 4 is 23.3 Å². The van der Waals surface area contributed by atoms with Gasteiger partial charge in [-0.3, -0.25) is 19.7 Å². The van der Waals surface area contributed by atoms with Gasteiger partial charge in [0.05, 0.1) is 30.9 Å². The smallest absolute Gasteiger partial charge is 0.255 e. The molecule has 0 spiro atoms. The summed E-state index contributed by atoms with van der Waals surface area (Å²) >= 11 is 0. The summed E-state index contributed by atoms with van der Waals surface area (Å²) in [7, 11) is 1.95. The maximum atomic E-state index is 12.9. The van der Waals surface area contributed by atoms with Crippen molar-refractivity contribution in [3.63, 3.8) is 0 Å². The van der Waals surface area contributed by atoms with Crippen LogP contribution < -0.4 is 5.32 Å². The molecule has 148 valence electrons. The number of aromatic nitrogens is 2. The summed E-state index contributed by atoms with van der Waals surface area (Å²) in [5.74, 6) is -0.859. The number of ether oxygens (including phenoxy) is 1. The zero-order valence-electron chi connectivity index (χ0n) is 16.0. The van der Waals surface area contributed by atoms with E-state index in [0.717, 1.165) is 28.1 Å². The lowest BCUT2D eigenvalue weighted by Crippen LogP contribution is -2.52. The number of piperidine rings is 1. The van der Waals surface area contributed by atoms with Gasteiger partial charge in [-0.25, -0.2) is 4.98 Å². The molecule has 8 heteroatoms. The first-order valence-corrected chi connectivity index (χ1v) is 9.59. The zero-order valence-corrected chi connectivity index (χ0v) is 16.0. The van der Waals surface area contributed by atoms with Crippen molar-refractivity contribution in [3.05, 3.63) is 47.4 Å². The van der Waals surface area contributed by atoms with E-state index in [9.17, 15) is 14.4 Å². The van der Waals surface area contributed by atoms with Crippen LogP contribution in [0.15, 0.2) is 30.6 Å². The van der Waals surface area contributed by atoms with E-state index in [0.29, 0.717) is 31.7 Å². The Bertz CT molecular complexity index is 1080. The molecule has 3 aliphatic heterocycles. The van der Waals surface area contributed by atoms with Gasteiger partial charge in [-0.15, -0.1) is 0 Å². The molecule has 1 aromatic heterocycles. The van der Waals surface area contributed by atoms with E-state index in [-0.39, 0.29) is 18.2 Å². The molecule has 0 bridgehead atoms. The Kier molecular flexibility index (Phi) is 4.09. The van der Waals surface area contributed by atoms with E-state index in [1.54, 1.807) is 17.3 Å². The predicted molar refractivity (Wildman–Crippen MR) is 103 cm³/mol. The monoisotopic (exact) mass is 392 g/mol. The molecule has 0 radical (unpaired) electrons. The largest absolute Gasteiger partial charge is 0.373 e. The molecule has 1 aromatic carbocycles. The maximum absolute atomic E-state index is 12.9. The molecule has 1 N–H and O–H groups in total. The lowest BCUT2D eigenvalue weighted by atomic mass is 10.0. The number of carbonyl (C=O) groups excluding carboxylic acids is 3. The number of hydrogen-bond acceptors (Lipinski definition) is 5. The fraction of sp³-hybridized carbons (Fsp3) is 0.333. The van der Waals surface area contributed by atoms with Crippen LogP contribution in [0.5, 0.6) is 0 Å². The topological polar surface area (TPSA) is 93.5 Å². The van der Waals surface area contributed by atoms with Crippen LogP contribution in [0.2, 0.25) is 0 Å². The number of fused-ring (bicyclic) bond motifs is 1. The van der Waals surface area contributed by atoms with Gasteiger partial charge in [-0.1, -0.05) is 12.1 Å². The third-order valence-corrected chi connectivity index (χ3v) is 5.74. The Morgan fingerprint density at radius 2 is 2.10 bits per heavy atom. The molecule has 2 aromatic rings. The highest BCUT2D eigenvalue weighted by atomic mass is 16.5. The van der Waals surface area contributed by atoms with Crippen molar-refractivity contribution in [1.82, 2.24) is 19.8 Å². The van der Waals surface area contributed by atoms with E-state index in [2.05, 4.69) is 16.4 Å². The molecular formula is C21H20N4O4. The van der Waals surface area contributed by atoms with Crippen LogP contribution in [0.4, 0.5) is 0 Å². The second-order valence-corrected chi connectivity index (χ2v) is 7.57. The number of aryl methyl sites for hydroxylation is 1. The molecule has 3 aliphatic rings. The van der Waals surface area contributed by atoms with Crippen LogP contribution in [-0.4, -0.2) is 51.4 Å². The van der Waals surface area contributed by atoms with E-state index in [1.807, 2.05) is 23.7 Å². The minimum atomic E-state index is -0.609. The third-order valence-electron chi connectivity index (χ3n) is 5.74. The molecule has 0 saturated carbocycles. The Hall–Kier alpha value is -3.26. The average molecular weight is 392 g/mol. The van der Waals surface area contributed by atoms with Crippen molar-refractivity contribution in [2.45, 2.75) is 25.4 Å². The first-order valence-electron chi connectivity index (χ1n) is 9.59. The van der Waals surface area contributed by atoms with Gasteiger partial charge in [0.15, 0.2) is 0 Å². The molecule has 1 saturated heterocycles. The van der Waals surface area contributed by atoms with Crippen LogP contribution in [0.25, 0.3) is 16.8 Å². The van der Waals surface area contributed by atoms with Gasteiger partial charge in [0.25, 0.3) is 5.91 Å². The first kappa shape index (κ1) is 17.8. The number of rotatable bonds is 3. The van der Waals surface area contributed by atoms with Crippen molar-refractivity contribution in [3.8, 4) is 11.3 Å². The van der Waals surface area contributed by atoms with E-state index >= 15 is 0 Å². The lowest BCUT2D eigenvalue weighted by Gasteiger charge is -2.29. The number of imidazole rings is 1. The average Bonchev–Trinajstić information content (AvgIpc) is 3.41. The van der Waals surface area contributed by atoms with E-state index in [1.165, 1.54) is 0 Å². The van der Waals surface area contributed by atoms with Crippen LogP contribution in [0, 0.1) is 0 Å². The molecule has 1 unspecified atom stereocenters. The Labute approximate surface area is 167 Å². The number of hydrogen-bond donors (Lipinski definition) is 1. The molecule has 3 amide bonds. The summed E-state index contributed by atoms with van der Waals surface area (Å²) in [6, 6.07) is 5.06. The minimum absolute atomic E-state index is 0.172. The normalized spacial score (nSPS) is 21.4. The molecule has 5 rings (SSSR count). The number of benzene rings is 1. The SMILES string of the molecule is Cn1cnc(-c2ccc3c(c2)CN(C2CCC(=O)NC2=O)C3=O)c1C1=CCOC1. The van der Waals surface area contributed by atoms with Gasteiger partial charge in [-0.05, 0) is 24.1 Å². The summed E-state index contributed by atoms with van der Waals surface area (Å²) in [6.45, 7) is 1.50. The quantitative estimate of drug-likeness (QED) is 0.794. The number of amides is 3. The van der Waals surface area contributed by atoms with Crippen molar-refractivity contribution in [1.29, 1.82) is 0 Å². The Balaban J connectivity index is 1.47. The predicted octanol–water partition coefficient (Wildman–Crippen LogP) is 1.26. The van der Waals surface area contributed by atoms with Crippen molar-refractivity contribution < 1.29 is 19.1 Å². The fourth-order valence-electron chi connectivity index (χ4n) is 4.29. The standard InChI is InChI=1S/C21H20N4O4/c1-24-11-22-18(19(24)13-6-7-29-10-13)12-2-3-15-14(8-12)9-25(21(15)28)16-4-5-17(26)23-20(16)27/h2-3,6,8,11,16H,4-5,7,9-10H2,1H3,(H,23,26,27). The van der Waals surface area contributed by atoms with Crippen LogP contribution in [0.3, 0.4) is 0 Å². The molecule has 8 nitrogen and oxygen atoms in total. The Morgan fingerprint density at radius 3 is 2.86 bits per heavy atom. The number of nitrogens with zero attached hydrogens (tertiary/aromatic N) is 3. The number of carbonyl (C=O) groups is 3. The number of nitrogens with one attached hydrogen (secondary N) is 1. The number of imide groups is 1. The Morgan fingerprint density at radius 1 is 1.24 bits per heavy atom. The first-order chi connectivity index (χ1) is 14.0. The molecule has 4 heterocycles. The molecule has 29 heavy (non-hydrogen) atoms. The second kappa shape index (κ2) is 6.66. The van der Waals surface area contributed by atoms with Crippen LogP contribution in [-0.2, 0) is 27.9 Å². The summed E-state index contributed by atoms with van der Waals surface area (Å²) in [6.07, 6.45) is 4.44. The fourth-order valence-corrected chi connectivity index (χ4v) is 4.29. The van der Waals surface area contributed by atoms with Crippen LogP contribution >= 0.6 is 0 Å². The molecule has 0 aliphatic carbocycles. The highest BCUT2D eigenvalue weighted by Gasteiger charge is 2.39. The highest BCUT2D eigenvalue weighted by Crippen LogP contribution is 2.34. The van der Waals surface area contributed by atoms with Crippen molar-refractivity contribution in [2.75, 3.05) is 13.2 Å². The molecular weight excluding hydrogens is 372 g/mol. The van der Waals surface area contributed by atoms with Crippen molar-refractivity contribution in [2.24, 2.45) is 7.05 Å². The molecule has 1 atom stereocenters. The second-order valence-electron chi connectivity index (χ2n) is 7.57. The molecule has 1 fully saturated rings. The highest BCUT2D eigenvalue weighted by molar-refractivity contribution is 6.05. The maximum Gasteiger partial charge on any atom is 0.255 e. The van der Waals surface area contributed by atoms with E-state index < -0.39 is 11.9 Å². The minimum Gasteiger partial charge on any atom is -0.373 e. The summed E-state index contributed by atoms with van der Waals surface area (Å²) in [5.41, 5.74) is 5.34. The van der Waals surface area contributed by atoms with Gasteiger partial charge in [0, 0.05) is 36.7 Å². The summed E-state index contributed by atoms with van der Waals surface area (Å²) in [5, 5.41) is 2.33.